The van der Waals surface area contributed by atoms with Gasteiger partial charge in [0, 0.05) is 18.5 Å². The minimum absolute atomic E-state index is 0.0808. The molecule has 23 heavy (non-hydrogen) atoms. The molecule has 0 spiro atoms. The number of aliphatic hydroxyl groups excluding tert-OH is 1. The molecule has 1 aromatic heterocycles. The molecule has 1 atom stereocenters. The van der Waals surface area contributed by atoms with Crippen LogP contribution in [0.25, 0.3) is 10.9 Å². The Morgan fingerprint density at radius 2 is 2.00 bits per heavy atom. The minimum Gasteiger partial charge on any atom is -0.394 e. The molecule has 0 aliphatic carbocycles. The maximum absolute atomic E-state index is 12.2. The summed E-state index contributed by atoms with van der Waals surface area (Å²) in [5, 5.41) is 15.8. The summed E-state index contributed by atoms with van der Waals surface area (Å²) in [6, 6.07) is 7.19. The summed E-state index contributed by atoms with van der Waals surface area (Å²) in [4.78, 5) is 23.4. The average Bonchev–Trinajstić information content (AvgIpc) is 2.88. The van der Waals surface area contributed by atoms with Crippen molar-refractivity contribution in [3.05, 3.63) is 30.5 Å². The lowest BCUT2D eigenvalue weighted by Crippen LogP contribution is -2.42. The van der Waals surface area contributed by atoms with Crippen molar-refractivity contribution in [2.24, 2.45) is 5.92 Å². The number of rotatable bonds is 6. The lowest BCUT2D eigenvalue weighted by Gasteiger charge is -2.20. The van der Waals surface area contributed by atoms with Gasteiger partial charge in [0.25, 0.3) is 0 Å². The number of aliphatic hydroxyl groups is 1. The standard InChI is InChI=1S/C17H23N3O3/c1-11(2)15(10-21)19-17(23)9-20-8-7-13-14(18-12(3)22)5-4-6-16(13)20/h4-8,11,15,21H,9-10H2,1-3H3,(H,18,22)(H,19,23)/t15-/m0/s1. The number of hydrogen-bond donors (Lipinski definition) is 3. The molecular formula is C17H23N3O3. The Morgan fingerprint density at radius 3 is 2.61 bits per heavy atom. The van der Waals surface area contributed by atoms with Crippen LogP contribution in [0.3, 0.4) is 0 Å². The van der Waals surface area contributed by atoms with Crippen LogP contribution in [0.15, 0.2) is 30.5 Å². The molecule has 2 amide bonds. The number of anilines is 1. The van der Waals surface area contributed by atoms with E-state index in [1.54, 1.807) is 0 Å². The molecule has 1 aromatic carbocycles. The number of nitrogens with zero attached hydrogens (tertiary/aromatic N) is 1. The van der Waals surface area contributed by atoms with Gasteiger partial charge in [-0.3, -0.25) is 9.59 Å². The van der Waals surface area contributed by atoms with E-state index in [-0.39, 0.29) is 36.9 Å². The van der Waals surface area contributed by atoms with E-state index in [0.29, 0.717) is 0 Å². The van der Waals surface area contributed by atoms with Gasteiger partial charge in [0.1, 0.15) is 6.54 Å². The van der Waals surface area contributed by atoms with Gasteiger partial charge in [-0.05, 0) is 24.1 Å². The molecule has 2 aromatic rings. The van der Waals surface area contributed by atoms with Gasteiger partial charge in [-0.25, -0.2) is 0 Å². The number of carbonyl (C=O) groups excluding carboxylic acids is 2. The number of nitrogens with one attached hydrogen (secondary N) is 2. The summed E-state index contributed by atoms with van der Waals surface area (Å²) in [6.07, 6.45) is 1.82. The summed E-state index contributed by atoms with van der Waals surface area (Å²) in [6.45, 7) is 5.45. The van der Waals surface area contributed by atoms with Crippen molar-refractivity contribution in [3.8, 4) is 0 Å². The number of aromatic nitrogens is 1. The Hall–Kier alpha value is -2.34. The first-order valence-electron chi connectivity index (χ1n) is 7.68. The summed E-state index contributed by atoms with van der Waals surface area (Å²) in [5.74, 6) is -0.123. The van der Waals surface area contributed by atoms with Crippen molar-refractivity contribution >= 4 is 28.4 Å². The average molecular weight is 317 g/mol. The first-order chi connectivity index (χ1) is 10.9. The van der Waals surface area contributed by atoms with Crippen molar-refractivity contribution in [2.75, 3.05) is 11.9 Å². The zero-order valence-electron chi connectivity index (χ0n) is 13.7. The SMILES string of the molecule is CC(=O)Nc1cccc2c1ccn2CC(=O)N[C@@H](CO)C(C)C. The predicted molar refractivity (Wildman–Crippen MR) is 90.1 cm³/mol. The first kappa shape index (κ1) is 17.0. The van der Waals surface area contributed by atoms with Crippen LogP contribution in [0, 0.1) is 5.92 Å². The van der Waals surface area contributed by atoms with E-state index >= 15 is 0 Å². The second-order valence-corrected chi connectivity index (χ2v) is 5.96. The highest BCUT2D eigenvalue weighted by Crippen LogP contribution is 2.24. The third kappa shape index (κ3) is 4.10. The van der Waals surface area contributed by atoms with Crippen molar-refractivity contribution in [3.63, 3.8) is 0 Å². The smallest absolute Gasteiger partial charge is 0.240 e. The van der Waals surface area contributed by atoms with Crippen molar-refractivity contribution in [2.45, 2.75) is 33.4 Å². The van der Waals surface area contributed by atoms with Crippen LogP contribution < -0.4 is 10.6 Å². The maximum atomic E-state index is 12.2. The summed E-state index contributed by atoms with van der Waals surface area (Å²) >= 11 is 0. The van der Waals surface area contributed by atoms with Gasteiger partial charge in [0.05, 0.1) is 23.9 Å². The molecule has 6 nitrogen and oxygen atoms in total. The zero-order valence-corrected chi connectivity index (χ0v) is 13.7. The van der Waals surface area contributed by atoms with Crippen molar-refractivity contribution in [1.82, 2.24) is 9.88 Å². The molecule has 0 saturated heterocycles. The Balaban J connectivity index is 2.18. The third-order valence-electron chi connectivity index (χ3n) is 3.79. The van der Waals surface area contributed by atoms with E-state index in [4.69, 9.17) is 0 Å². The summed E-state index contributed by atoms with van der Waals surface area (Å²) < 4.78 is 1.82. The van der Waals surface area contributed by atoms with E-state index in [1.165, 1.54) is 6.92 Å². The number of carbonyl (C=O) groups is 2. The van der Waals surface area contributed by atoms with E-state index in [9.17, 15) is 14.7 Å². The van der Waals surface area contributed by atoms with Gasteiger partial charge in [0.15, 0.2) is 0 Å². The van der Waals surface area contributed by atoms with Crippen LogP contribution in [0.4, 0.5) is 5.69 Å². The van der Waals surface area contributed by atoms with Gasteiger partial charge in [0.2, 0.25) is 11.8 Å². The maximum Gasteiger partial charge on any atom is 0.240 e. The summed E-state index contributed by atoms with van der Waals surface area (Å²) in [7, 11) is 0. The van der Waals surface area contributed by atoms with Crippen LogP contribution >= 0.6 is 0 Å². The molecule has 0 fully saturated rings. The molecule has 3 N–H and O–H groups in total. The molecule has 1 heterocycles. The molecule has 0 bridgehead atoms. The Morgan fingerprint density at radius 1 is 1.26 bits per heavy atom. The van der Waals surface area contributed by atoms with Crippen LogP contribution in [-0.2, 0) is 16.1 Å². The Labute approximate surface area is 135 Å². The molecular weight excluding hydrogens is 294 g/mol. The van der Waals surface area contributed by atoms with E-state index in [2.05, 4.69) is 10.6 Å². The fourth-order valence-electron chi connectivity index (χ4n) is 2.49. The van der Waals surface area contributed by atoms with Gasteiger partial charge < -0.3 is 20.3 Å². The lowest BCUT2D eigenvalue weighted by atomic mass is 10.1. The van der Waals surface area contributed by atoms with Crippen LogP contribution in [-0.4, -0.2) is 34.1 Å². The molecule has 0 saturated carbocycles. The van der Waals surface area contributed by atoms with Crippen molar-refractivity contribution < 1.29 is 14.7 Å². The van der Waals surface area contributed by atoms with E-state index in [0.717, 1.165) is 16.6 Å². The van der Waals surface area contributed by atoms with Crippen LogP contribution in [0.1, 0.15) is 20.8 Å². The van der Waals surface area contributed by atoms with Crippen LogP contribution in [0.5, 0.6) is 0 Å². The number of fused-ring (bicyclic) bond motifs is 1. The van der Waals surface area contributed by atoms with Crippen LogP contribution in [0.2, 0.25) is 0 Å². The second kappa shape index (κ2) is 7.28. The predicted octanol–water partition coefficient (Wildman–Crippen LogP) is 1.73. The fourth-order valence-corrected chi connectivity index (χ4v) is 2.49. The van der Waals surface area contributed by atoms with Gasteiger partial charge in [-0.15, -0.1) is 0 Å². The van der Waals surface area contributed by atoms with Gasteiger partial charge in [-0.1, -0.05) is 19.9 Å². The van der Waals surface area contributed by atoms with E-state index in [1.807, 2.05) is 48.9 Å². The normalized spacial score (nSPS) is 12.4. The van der Waals surface area contributed by atoms with Gasteiger partial charge >= 0.3 is 0 Å². The monoisotopic (exact) mass is 317 g/mol. The fraction of sp³-hybridized carbons (Fsp3) is 0.412. The molecule has 0 aliphatic rings. The third-order valence-corrected chi connectivity index (χ3v) is 3.79. The molecule has 124 valence electrons. The van der Waals surface area contributed by atoms with Gasteiger partial charge in [-0.2, -0.15) is 0 Å². The highest BCUT2D eigenvalue weighted by Gasteiger charge is 2.16. The minimum atomic E-state index is -0.251. The zero-order chi connectivity index (χ0) is 17.0. The highest BCUT2D eigenvalue weighted by molar-refractivity contribution is 6.01. The molecule has 0 radical (unpaired) electrons. The molecule has 0 aliphatic heterocycles. The lowest BCUT2D eigenvalue weighted by molar-refractivity contribution is -0.123. The first-order valence-corrected chi connectivity index (χ1v) is 7.68. The second-order valence-electron chi connectivity index (χ2n) is 5.96. The van der Waals surface area contributed by atoms with Crippen molar-refractivity contribution in [1.29, 1.82) is 0 Å². The molecule has 2 rings (SSSR count). The molecule has 6 heteroatoms. The highest BCUT2D eigenvalue weighted by atomic mass is 16.3. The molecule has 0 unspecified atom stereocenters. The quantitative estimate of drug-likeness (QED) is 0.759. The Kier molecular flexibility index (Phi) is 5.39. The summed E-state index contributed by atoms with van der Waals surface area (Å²) in [5.41, 5.74) is 1.60. The number of amides is 2. The Bertz CT molecular complexity index is 706. The largest absolute Gasteiger partial charge is 0.394 e. The van der Waals surface area contributed by atoms with E-state index < -0.39 is 0 Å². The topological polar surface area (TPSA) is 83.4 Å². The number of benzene rings is 1. The number of hydrogen-bond acceptors (Lipinski definition) is 3.